The van der Waals surface area contributed by atoms with Gasteiger partial charge < -0.3 is 4.90 Å². The van der Waals surface area contributed by atoms with E-state index in [0.29, 0.717) is 22.6 Å². The van der Waals surface area contributed by atoms with E-state index in [1.54, 1.807) is 12.1 Å². The van der Waals surface area contributed by atoms with Gasteiger partial charge in [0.25, 0.3) is 0 Å². The van der Waals surface area contributed by atoms with E-state index in [1.807, 2.05) is 90.8 Å². The molecule has 180 valence electrons. The molecule has 6 nitrogen and oxygen atoms in total. The van der Waals surface area contributed by atoms with Crippen LogP contribution in [0.4, 0.5) is 11.5 Å². The number of hydrogen-bond donors (Lipinski definition) is 0. The van der Waals surface area contributed by atoms with Gasteiger partial charge in [-0.1, -0.05) is 60.7 Å². The molecule has 2 aromatic heterocycles. The lowest BCUT2D eigenvalue weighted by Gasteiger charge is -2.22. The van der Waals surface area contributed by atoms with Crippen molar-refractivity contribution < 1.29 is 0 Å². The molecule has 0 atom stereocenters. The van der Waals surface area contributed by atoms with Crippen molar-refractivity contribution in [2.45, 2.75) is 6.42 Å². The standard InChI is InChI=1S/C32H22N6/c1-37(25-14-8-10-22(18-25)20-33)31-29(24-12-4-2-3-5-13-24)35-32-30(36-31)27-16-6-7-17-28(27)38(32)26-15-9-11-23(19-26)21-34/h2-4,6-19H,5H2,1H3. The molecular weight excluding hydrogens is 468 g/mol. The number of para-hydroxylation sites is 1. The second-order valence-electron chi connectivity index (χ2n) is 8.99. The van der Waals surface area contributed by atoms with Gasteiger partial charge in [0.15, 0.2) is 11.5 Å². The summed E-state index contributed by atoms with van der Waals surface area (Å²) in [6.45, 7) is 0. The number of aromatic nitrogens is 3. The molecule has 0 bridgehead atoms. The maximum Gasteiger partial charge on any atom is 0.165 e. The summed E-state index contributed by atoms with van der Waals surface area (Å²) in [5.41, 5.74) is 7.00. The van der Waals surface area contributed by atoms with E-state index in [-0.39, 0.29) is 0 Å². The lowest BCUT2D eigenvalue weighted by atomic mass is 10.1. The average Bonchev–Trinajstić information content (AvgIpc) is 3.09. The number of nitrogens with zero attached hydrogens (tertiary/aromatic N) is 6. The van der Waals surface area contributed by atoms with Crippen molar-refractivity contribution in [3.63, 3.8) is 0 Å². The zero-order valence-corrected chi connectivity index (χ0v) is 20.7. The van der Waals surface area contributed by atoms with E-state index in [1.165, 1.54) is 0 Å². The lowest BCUT2D eigenvalue weighted by molar-refractivity contribution is 1.07. The topological polar surface area (TPSA) is 81.5 Å². The predicted molar refractivity (Wildman–Crippen MR) is 151 cm³/mol. The van der Waals surface area contributed by atoms with Gasteiger partial charge in [-0.25, -0.2) is 9.97 Å². The van der Waals surface area contributed by atoms with Gasteiger partial charge in [-0.05, 0) is 48.9 Å². The summed E-state index contributed by atoms with van der Waals surface area (Å²) in [6, 6.07) is 27.6. The van der Waals surface area contributed by atoms with Crippen molar-refractivity contribution >= 4 is 39.1 Å². The molecule has 0 N–H and O–H groups in total. The van der Waals surface area contributed by atoms with Crippen molar-refractivity contribution in [2.24, 2.45) is 0 Å². The fourth-order valence-corrected chi connectivity index (χ4v) is 4.80. The third kappa shape index (κ3) is 3.91. The van der Waals surface area contributed by atoms with E-state index in [9.17, 15) is 10.5 Å². The van der Waals surface area contributed by atoms with Crippen LogP contribution in [0.3, 0.4) is 0 Å². The molecule has 0 fully saturated rings. The van der Waals surface area contributed by atoms with Crippen molar-refractivity contribution in [2.75, 3.05) is 11.9 Å². The molecule has 1 aliphatic carbocycles. The van der Waals surface area contributed by atoms with Crippen molar-refractivity contribution in [1.29, 1.82) is 10.5 Å². The molecule has 5 aromatic rings. The Labute approximate surface area is 220 Å². The minimum atomic E-state index is 0.579. The van der Waals surface area contributed by atoms with Gasteiger partial charge >= 0.3 is 0 Å². The molecule has 0 saturated carbocycles. The SMILES string of the molecule is CN(c1cccc(C#N)c1)c1nc2c3ccccc3n(-c3cccc(C#N)c3)c2nc1C1=CCC=CC=C1. The van der Waals surface area contributed by atoms with Crippen LogP contribution < -0.4 is 4.90 Å². The lowest BCUT2D eigenvalue weighted by Crippen LogP contribution is -2.15. The first-order chi connectivity index (χ1) is 18.7. The molecule has 0 unspecified atom stereocenters. The van der Waals surface area contributed by atoms with Gasteiger partial charge in [-0.3, -0.25) is 4.57 Å². The highest BCUT2D eigenvalue weighted by atomic mass is 15.2. The van der Waals surface area contributed by atoms with E-state index in [2.05, 4.69) is 28.9 Å². The van der Waals surface area contributed by atoms with Crippen LogP contribution in [0.2, 0.25) is 0 Å². The predicted octanol–water partition coefficient (Wildman–Crippen LogP) is 6.98. The Morgan fingerprint density at radius 3 is 2.50 bits per heavy atom. The number of fused-ring (bicyclic) bond motifs is 3. The van der Waals surface area contributed by atoms with E-state index in [4.69, 9.17) is 9.97 Å². The molecule has 0 aliphatic heterocycles. The summed E-state index contributed by atoms with van der Waals surface area (Å²) < 4.78 is 2.07. The number of hydrogen-bond acceptors (Lipinski definition) is 5. The molecule has 0 saturated heterocycles. The first-order valence-electron chi connectivity index (χ1n) is 12.3. The van der Waals surface area contributed by atoms with E-state index >= 15 is 0 Å². The Morgan fingerprint density at radius 1 is 0.868 bits per heavy atom. The van der Waals surface area contributed by atoms with Gasteiger partial charge in [0.05, 0.1) is 28.8 Å². The number of benzene rings is 3. The third-order valence-electron chi connectivity index (χ3n) is 6.65. The number of anilines is 2. The largest absolute Gasteiger partial charge is 0.328 e. The molecule has 1 aliphatic rings. The van der Waals surface area contributed by atoms with Crippen LogP contribution in [0.5, 0.6) is 0 Å². The van der Waals surface area contributed by atoms with E-state index in [0.717, 1.165) is 45.5 Å². The third-order valence-corrected chi connectivity index (χ3v) is 6.65. The molecule has 3 aromatic carbocycles. The molecule has 0 radical (unpaired) electrons. The normalized spacial score (nSPS) is 12.7. The van der Waals surface area contributed by atoms with Gasteiger partial charge in [-0.15, -0.1) is 0 Å². The summed E-state index contributed by atoms with van der Waals surface area (Å²) in [7, 11) is 1.95. The van der Waals surface area contributed by atoms with Crippen LogP contribution in [0.25, 0.3) is 33.3 Å². The molecule has 38 heavy (non-hydrogen) atoms. The maximum absolute atomic E-state index is 9.54. The second kappa shape index (κ2) is 9.54. The molecule has 2 heterocycles. The fraction of sp³-hybridized carbons (Fsp3) is 0.0625. The summed E-state index contributed by atoms with van der Waals surface area (Å²) in [4.78, 5) is 12.5. The Morgan fingerprint density at radius 2 is 1.66 bits per heavy atom. The first kappa shape index (κ1) is 23.0. The molecule has 6 heteroatoms. The van der Waals surface area contributed by atoms with Crippen LogP contribution in [0, 0.1) is 22.7 Å². The van der Waals surface area contributed by atoms with Gasteiger partial charge in [0.1, 0.15) is 11.2 Å². The van der Waals surface area contributed by atoms with Crippen LogP contribution >= 0.6 is 0 Å². The zero-order valence-electron chi connectivity index (χ0n) is 20.7. The van der Waals surface area contributed by atoms with Gasteiger partial charge in [-0.2, -0.15) is 10.5 Å². The number of allylic oxidation sites excluding steroid dienone is 6. The van der Waals surface area contributed by atoms with Gasteiger partial charge in [0.2, 0.25) is 0 Å². The summed E-state index contributed by atoms with van der Waals surface area (Å²) in [5, 5.41) is 20.0. The monoisotopic (exact) mass is 490 g/mol. The number of rotatable bonds is 4. The van der Waals surface area contributed by atoms with Crippen molar-refractivity contribution in [3.8, 4) is 17.8 Å². The quantitative estimate of drug-likeness (QED) is 0.271. The van der Waals surface area contributed by atoms with Crippen molar-refractivity contribution in [3.05, 3.63) is 120 Å². The Hall–Kier alpha value is -5.46. The van der Waals surface area contributed by atoms with E-state index < -0.39 is 0 Å². The molecular formula is C32H22N6. The second-order valence-corrected chi connectivity index (χ2v) is 8.99. The maximum atomic E-state index is 9.54. The first-order valence-corrected chi connectivity index (χ1v) is 12.3. The number of nitriles is 2. The fourth-order valence-electron chi connectivity index (χ4n) is 4.80. The van der Waals surface area contributed by atoms with Crippen molar-refractivity contribution in [1.82, 2.24) is 14.5 Å². The molecule has 0 amide bonds. The van der Waals surface area contributed by atoms with Crippen LogP contribution in [-0.4, -0.2) is 21.6 Å². The molecule has 0 spiro atoms. The van der Waals surface area contributed by atoms with Crippen LogP contribution in [0.1, 0.15) is 23.2 Å². The minimum absolute atomic E-state index is 0.579. The summed E-state index contributed by atoms with van der Waals surface area (Å²) >= 11 is 0. The highest BCUT2D eigenvalue weighted by Crippen LogP contribution is 2.36. The van der Waals surface area contributed by atoms with Crippen LogP contribution in [0.15, 0.2) is 103 Å². The Bertz CT molecular complexity index is 1890. The summed E-state index contributed by atoms with van der Waals surface area (Å²) in [5.74, 6) is 0.694. The minimum Gasteiger partial charge on any atom is -0.328 e. The highest BCUT2D eigenvalue weighted by Gasteiger charge is 2.22. The Kier molecular flexibility index (Phi) is 5.76. The highest BCUT2D eigenvalue weighted by molar-refractivity contribution is 6.07. The average molecular weight is 491 g/mol. The summed E-state index contributed by atoms with van der Waals surface area (Å²) in [6.07, 6.45) is 11.1. The van der Waals surface area contributed by atoms with Gasteiger partial charge in [0, 0.05) is 29.4 Å². The smallest absolute Gasteiger partial charge is 0.165 e. The van der Waals surface area contributed by atoms with Crippen LogP contribution in [-0.2, 0) is 0 Å². The molecule has 6 rings (SSSR count). The zero-order chi connectivity index (χ0) is 26.1. The Balaban J connectivity index is 1.68.